The third-order valence-electron chi connectivity index (χ3n) is 3.78. The third-order valence-corrected chi connectivity index (χ3v) is 3.78. The summed E-state index contributed by atoms with van der Waals surface area (Å²) in [5.74, 6) is 2.53. The van der Waals surface area contributed by atoms with Gasteiger partial charge in [0, 0.05) is 12.6 Å². The SMILES string of the molecule is Cc1nc2ccc(-c3ccc4c(c3)OCCO4)nc2n1C. The maximum atomic E-state index is 5.63. The third kappa shape index (κ3) is 1.93. The Kier molecular flexibility index (Phi) is 2.60. The van der Waals surface area contributed by atoms with Gasteiger partial charge in [-0.05, 0) is 37.3 Å². The molecule has 5 heteroatoms. The maximum Gasteiger partial charge on any atom is 0.162 e. The van der Waals surface area contributed by atoms with Crippen LogP contribution in [0.5, 0.6) is 11.5 Å². The first-order valence-electron chi connectivity index (χ1n) is 6.92. The number of nitrogens with zero attached hydrogens (tertiary/aromatic N) is 3. The average Bonchev–Trinajstić information content (AvgIpc) is 2.81. The largest absolute Gasteiger partial charge is 0.486 e. The Bertz CT molecular complexity index is 839. The molecule has 2 aromatic heterocycles. The zero-order chi connectivity index (χ0) is 14.4. The molecule has 0 spiro atoms. The van der Waals surface area contributed by atoms with E-state index in [1.54, 1.807) is 0 Å². The summed E-state index contributed by atoms with van der Waals surface area (Å²) in [4.78, 5) is 9.19. The lowest BCUT2D eigenvalue weighted by Gasteiger charge is -2.18. The van der Waals surface area contributed by atoms with Crippen LogP contribution in [-0.4, -0.2) is 27.7 Å². The van der Waals surface area contributed by atoms with Gasteiger partial charge < -0.3 is 14.0 Å². The van der Waals surface area contributed by atoms with Gasteiger partial charge in [-0.2, -0.15) is 0 Å². The second kappa shape index (κ2) is 4.48. The van der Waals surface area contributed by atoms with E-state index < -0.39 is 0 Å². The molecule has 0 bridgehead atoms. The minimum absolute atomic E-state index is 0.587. The van der Waals surface area contributed by atoms with Gasteiger partial charge in [0.2, 0.25) is 0 Å². The van der Waals surface area contributed by atoms with Crippen LogP contribution in [0.1, 0.15) is 5.82 Å². The molecular formula is C16H15N3O2. The van der Waals surface area contributed by atoms with E-state index in [4.69, 9.17) is 14.5 Å². The van der Waals surface area contributed by atoms with Crippen LogP contribution in [0.3, 0.4) is 0 Å². The van der Waals surface area contributed by atoms with Gasteiger partial charge in [0.1, 0.15) is 24.6 Å². The second-order valence-electron chi connectivity index (χ2n) is 5.12. The highest BCUT2D eigenvalue weighted by Crippen LogP contribution is 2.34. The second-order valence-corrected chi connectivity index (χ2v) is 5.12. The standard InChI is InChI=1S/C16H15N3O2/c1-10-17-13-5-4-12(18-16(13)19(10)2)11-3-6-14-15(9-11)21-8-7-20-14/h3-6,9H,7-8H2,1-2H3. The van der Waals surface area contributed by atoms with E-state index >= 15 is 0 Å². The van der Waals surface area contributed by atoms with E-state index in [9.17, 15) is 0 Å². The molecule has 1 aliphatic rings. The minimum Gasteiger partial charge on any atom is -0.486 e. The highest BCUT2D eigenvalue weighted by atomic mass is 16.6. The Morgan fingerprint density at radius 2 is 1.81 bits per heavy atom. The monoisotopic (exact) mass is 281 g/mol. The molecule has 0 amide bonds. The van der Waals surface area contributed by atoms with Gasteiger partial charge in [0.05, 0.1) is 5.69 Å². The molecule has 0 saturated carbocycles. The van der Waals surface area contributed by atoms with Crippen LogP contribution in [0.15, 0.2) is 30.3 Å². The van der Waals surface area contributed by atoms with Crippen molar-refractivity contribution in [2.75, 3.05) is 13.2 Å². The van der Waals surface area contributed by atoms with Gasteiger partial charge in [-0.3, -0.25) is 0 Å². The van der Waals surface area contributed by atoms with E-state index in [1.165, 1.54) is 0 Å². The van der Waals surface area contributed by atoms with E-state index in [-0.39, 0.29) is 0 Å². The number of pyridine rings is 1. The molecule has 4 rings (SSSR count). The van der Waals surface area contributed by atoms with Crippen molar-refractivity contribution in [2.24, 2.45) is 7.05 Å². The van der Waals surface area contributed by atoms with Crippen LogP contribution in [0.4, 0.5) is 0 Å². The van der Waals surface area contributed by atoms with Crippen molar-refractivity contribution in [3.63, 3.8) is 0 Å². The molecule has 0 N–H and O–H groups in total. The summed E-state index contributed by atoms with van der Waals surface area (Å²) >= 11 is 0. The number of aromatic nitrogens is 3. The molecule has 1 aliphatic heterocycles. The molecule has 3 heterocycles. The van der Waals surface area contributed by atoms with Crippen molar-refractivity contribution >= 4 is 11.2 Å². The topological polar surface area (TPSA) is 49.2 Å². The molecule has 0 radical (unpaired) electrons. The van der Waals surface area contributed by atoms with E-state index in [2.05, 4.69) is 4.98 Å². The fourth-order valence-electron chi connectivity index (χ4n) is 2.54. The van der Waals surface area contributed by atoms with Crippen molar-refractivity contribution in [1.82, 2.24) is 14.5 Å². The summed E-state index contributed by atoms with van der Waals surface area (Å²) in [7, 11) is 1.98. The lowest BCUT2D eigenvalue weighted by Crippen LogP contribution is -2.15. The predicted molar refractivity (Wildman–Crippen MR) is 79.7 cm³/mol. The zero-order valence-corrected chi connectivity index (χ0v) is 12.0. The van der Waals surface area contributed by atoms with Crippen LogP contribution < -0.4 is 9.47 Å². The van der Waals surface area contributed by atoms with Crippen LogP contribution in [-0.2, 0) is 7.05 Å². The van der Waals surface area contributed by atoms with E-state index in [1.807, 2.05) is 48.9 Å². The highest BCUT2D eigenvalue weighted by molar-refractivity contribution is 5.76. The molecule has 0 atom stereocenters. The summed E-state index contributed by atoms with van der Waals surface area (Å²) in [6, 6.07) is 9.91. The Labute approximate surface area is 122 Å². The molecular weight excluding hydrogens is 266 g/mol. The summed E-state index contributed by atoms with van der Waals surface area (Å²) < 4.78 is 13.2. The molecule has 21 heavy (non-hydrogen) atoms. The fraction of sp³-hybridized carbons (Fsp3) is 0.250. The summed E-state index contributed by atoms with van der Waals surface area (Å²) in [6.07, 6.45) is 0. The molecule has 5 nitrogen and oxygen atoms in total. The maximum absolute atomic E-state index is 5.63. The van der Waals surface area contributed by atoms with Crippen molar-refractivity contribution < 1.29 is 9.47 Å². The molecule has 1 aromatic carbocycles. The lowest BCUT2D eigenvalue weighted by molar-refractivity contribution is 0.171. The van der Waals surface area contributed by atoms with Crippen LogP contribution >= 0.6 is 0 Å². The fourth-order valence-corrected chi connectivity index (χ4v) is 2.54. The first kappa shape index (κ1) is 12.2. The van der Waals surface area contributed by atoms with Crippen LogP contribution in [0.25, 0.3) is 22.4 Å². The number of ether oxygens (including phenoxy) is 2. The molecule has 0 fully saturated rings. The summed E-state index contributed by atoms with van der Waals surface area (Å²) in [6.45, 7) is 3.17. The molecule has 106 valence electrons. The van der Waals surface area contributed by atoms with Gasteiger partial charge in [-0.1, -0.05) is 0 Å². The van der Waals surface area contributed by atoms with Gasteiger partial charge in [0.25, 0.3) is 0 Å². The average molecular weight is 281 g/mol. The van der Waals surface area contributed by atoms with Crippen LogP contribution in [0.2, 0.25) is 0 Å². The smallest absolute Gasteiger partial charge is 0.162 e. The van der Waals surface area contributed by atoms with Gasteiger partial charge in [-0.25, -0.2) is 9.97 Å². The Balaban J connectivity index is 1.84. The lowest BCUT2D eigenvalue weighted by atomic mass is 10.1. The van der Waals surface area contributed by atoms with Gasteiger partial charge in [-0.15, -0.1) is 0 Å². The van der Waals surface area contributed by atoms with Crippen molar-refractivity contribution in [2.45, 2.75) is 6.92 Å². The number of aryl methyl sites for hydroxylation is 2. The van der Waals surface area contributed by atoms with E-state index in [0.717, 1.165) is 39.7 Å². The number of hydrogen-bond acceptors (Lipinski definition) is 4. The number of benzene rings is 1. The Hall–Kier alpha value is -2.56. The van der Waals surface area contributed by atoms with Crippen molar-refractivity contribution in [3.8, 4) is 22.8 Å². The summed E-state index contributed by atoms with van der Waals surface area (Å²) in [5.41, 5.74) is 3.72. The van der Waals surface area contributed by atoms with E-state index in [0.29, 0.717) is 13.2 Å². The first-order valence-corrected chi connectivity index (χ1v) is 6.92. The zero-order valence-electron chi connectivity index (χ0n) is 12.0. The highest BCUT2D eigenvalue weighted by Gasteiger charge is 2.14. The van der Waals surface area contributed by atoms with Crippen molar-refractivity contribution in [1.29, 1.82) is 0 Å². The number of fused-ring (bicyclic) bond motifs is 2. The molecule has 0 saturated heterocycles. The molecule has 0 unspecified atom stereocenters. The number of rotatable bonds is 1. The van der Waals surface area contributed by atoms with Gasteiger partial charge >= 0.3 is 0 Å². The van der Waals surface area contributed by atoms with Gasteiger partial charge in [0.15, 0.2) is 17.1 Å². The Morgan fingerprint density at radius 1 is 1.00 bits per heavy atom. The Morgan fingerprint density at radius 3 is 2.67 bits per heavy atom. The first-order chi connectivity index (χ1) is 10.2. The molecule has 3 aromatic rings. The number of hydrogen-bond donors (Lipinski definition) is 0. The minimum atomic E-state index is 0.587. The predicted octanol–water partition coefficient (Wildman–Crippen LogP) is 2.71. The summed E-state index contributed by atoms with van der Waals surface area (Å²) in [5, 5.41) is 0. The normalized spacial score (nSPS) is 13.6. The van der Waals surface area contributed by atoms with Crippen molar-refractivity contribution in [3.05, 3.63) is 36.2 Å². The van der Waals surface area contributed by atoms with Crippen LogP contribution in [0, 0.1) is 6.92 Å². The molecule has 0 aliphatic carbocycles. The quantitative estimate of drug-likeness (QED) is 0.688. The number of imidazole rings is 1.